The molecule has 4 nitrogen and oxygen atoms in total. The van der Waals surface area contributed by atoms with Crippen molar-refractivity contribution < 1.29 is 14.6 Å². The third-order valence-corrected chi connectivity index (χ3v) is 4.60. The number of carboxylic acids is 1. The van der Waals surface area contributed by atoms with E-state index in [0.29, 0.717) is 25.0 Å². The third kappa shape index (κ3) is 5.95. The molecule has 1 saturated carbocycles. The van der Waals surface area contributed by atoms with Gasteiger partial charge in [0.1, 0.15) is 5.54 Å². The molecule has 0 heterocycles. The molecule has 2 N–H and O–H groups in total. The first-order valence-electron chi connectivity index (χ1n) is 8.51. The highest BCUT2D eigenvalue weighted by molar-refractivity contribution is 5.78. The van der Waals surface area contributed by atoms with Crippen LogP contribution in [0.3, 0.4) is 0 Å². The molecule has 0 aliphatic heterocycles. The summed E-state index contributed by atoms with van der Waals surface area (Å²) in [6.07, 6.45) is 8.00. The molecule has 124 valence electrons. The van der Waals surface area contributed by atoms with Crippen LogP contribution in [0.25, 0.3) is 0 Å². The van der Waals surface area contributed by atoms with E-state index in [4.69, 9.17) is 4.74 Å². The molecular formula is C17H33NO3. The van der Waals surface area contributed by atoms with Gasteiger partial charge in [-0.1, -0.05) is 26.2 Å². The van der Waals surface area contributed by atoms with Crippen molar-refractivity contribution in [1.29, 1.82) is 0 Å². The summed E-state index contributed by atoms with van der Waals surface area (Å²) in [5.41, 5.74) is -0.853. The molecule has 0 saturated heterocycles. The fourth-order valence-electron chi connectivity index (χ4n) is 3.40. The van der Waals surface area contributed by atoms with Gasteiger partial charge in [0.15, 0.2) is 0 Å². The highest BCUT2D eigenvalue weighted by atomic mass is 16.5. The van der Waals surface area contributed by atoms with E-state index in [2.05, 4.69) is 12.2 Å². The van der Waals surface area contributed by atoms with Crippen molar-refractivity contribution in [3.05, 3.63) is 0 Å². The zero-order valence-electron chi connectivity index (χ0n) is 14.2. The lowest BCUT2D eigenvalue weighted by Crippen LogP contribution is -2.52. The van der Waals surface area contributed by atoms with Crippen LogP contribution in [-0.4, -0.2) is 35.4 Å². The van der Waals surface area contributed by atoms with Crippen molar-refractivity contribution in [2.75, 3.05) is 6.61 Å². The second-order valence-corrected chi connectivity index (χ2v) is 6.90. The van der Waals surface area contributed by atoms with Gasteiger partial charge in [0.2, 0.25) is 0 Å². The minimum Gasteiger partial charge on any atom is -0.480 e. The summed E-state index contributed by atoms with van der Waals surface area (Å²) in [5, 5.41) is 12.6. The molecule has 4 heteroatoms. The van der Waals surface area contributed by atoms with Gasteiger partial charge < -0.3 is 9.84 Å². The van der Waals surface area contributed by atoms with E-state index in [1.54, 1.807) is 6.92 Å². The molecule has 1 aliphatic rings. The van der Waals surface area contributed by atoms with Gasteiger partial charge in [-0.15, -0.1) is 0 Å². The summed E-state index contributed by atoms with van der Waals surface area (Å²) in [4.78, 5) is 11.4. The van der Waals surface area contributed by atoms with Crippen molar-refractivity contribution in [1.82, 2.24) is 5.32 Å². The number of carboxylic acid groups (broad SMARTS) is 1. The molecule has 0 amide bonds. The molecule has 0 aromatic heterocycles. The second-order valence-electron chi connectivity index (χ2n) is 6.90. The third-order valence-electron chi connectivity index (χ3n) is 4.60. The number of hydrogen-bond acceptors (Lipinski definition) is 3. The van der Waals surface area contributed by atoms with Gasteiger partial charge in [-0.3, -0.25) is 10.1 Å². The first-order valence-corrected chi connectivity index (χ1v) is 8.51. The summed E-state index contributed by atoms with van der Waals surface area (Å²) in [5.74, 6) is -0.0845. The normalized spacial score (nSPS) is 25.8. The Morgan fingerprint density at radius 3 is 2.62 bits per heavy atom. The number of rotatable bonds is 9. The summed E-state index contributed by atoms with van der Waals surface area (Å²) in [6, 6.07) is 0.162. The van der Waals surface area contributed by atoms with Gasteiger partial charge in [0.25, 0.3) is 0 Å². The van der Waals surface area contributed by atoms with E-state index >= 15 is 0 Å². The average Bonchev–Trinajstić information content (AvgIpc) is 2.43. The van der Waals surface area contributed by atoms with Crippen LogP contribution in [0.4, 0.5) is 0 Å². The molecule has 0 radical (unpaired) electrons. The van der Waals surface area contributed by atoms with E-state index in [-0.39, 0.29) is 6.04 Å². The first kappa shape index (κ1) is 18.4. The molecule has 1 aliphatic carbocycles. The number of ether oxygens (including phenoxy) is 1. The Bertz CT molecular complexity index is 319. The molecule has 21 heavy (non-hydrogen) atoms. The van der Waals surface area contributed by atoms with Crippen molar-refractivity contribution in [3.8, 4) is 0 Å². The van der Waals surface area contributed by atoms with Crippen LogP contribution in [0.1, 0.15) is 72.6 Å². The van der Waals surface area contributed by atoms with Crippen molar-refractivity contribution in [3.63, 3.8) is 0 Å². The van der Waals surface area contributed by atoms with E-state index in [0.717, 1.165) is 6.42 Å². The topological polar surface area (TPSA) is 58.6 Å². The quantitative estimate of drug-likeness (QED) is 0.639. The number of carbonyl (C=O) groups is 1. The lowest BCUT2D eigenvalue weighted by molar-refractivity contribution is -0.145. The fourth-order valence-corrected chi connectivity index (χ4v) is 3.40. The SMILES string of the molecule is CCC1CCCCC1OCCCC(C)(NC(C)C)C(=O)O. The van der Waals surface area contributed by atoms with E-state index in [9.17, 15) is 9.90 Å². The van der Waals surface area contributed by atoms with Gasteiger partial charge in [-0.2, -0.15) is 0 Å². The molecule has 0 bridgehead atoms. The molecule has 0 spiro atoms. The average molecular weight is 299 g/mol. The smallest absolute Gasteiger partial charge is 0.323 e. The van der Waals surface area contributed by atoms with Crippen LogP contribution < -0.4 is 5.32 Å². The molecule has 3 atom stereocenters. The summed E-state index contributed by atoms with van der Waals surface area (Å²) >= 11 is 0. The molecular weight excluding hydrogens is 266 g/mol. The van der Waals surface area contributed by atoms with Crippen LogP contribution in [0.15, 0.2) is 0 Å². The van der Waals surface area contributed by atoms with E-state index in [1.165, 1.54) is 32.1 Å². The van der Waals surface area contributed by atoms with Crippen LogP contribution >= 0.6 is 0 Å². The monoisotopic (exact) mass is 299 g/mol. The minimum atomic E-state index is -0.853. The maximum absolute atomic E-state index is 11.4. The second kappa shape index (κ2) is 8.74. The van der Waals surface area contributed by atoms with Gasteiger partial charge >= 0.3 is 5.97 Å². The van der Waals surface area contributed by atoms with Gasteiger partial charge in [0, 0.05) is 12.6 Å². The van der Waals surface area contributed by atoms with Crippen LogP contribution in [-0.2, 0) is 9.53 Å². The number of nitrogens with one attached hydrogen (secondary N) is 1. The maximum Gasteiger partial charge on any atom is 0.323 e. The van der Waals surface area contributed by atoms with Crippen molar-refractivity contribution in [2.24, 2.45) is 5.92 Å². The van der Waals surface area contributed by atoms with Gasteiger partial charge in [0.05, 0.1) is 6.10 Å². The first-order chi connectivity index (χ1) is 9.89. The summed E-state index contributed by atoms with van der Waals surface area (Å²) in [6.45, 7) is 8.63. The molecule has 1 fully saturated rings. The molecule has 3 unspecified atom stereocenters. The Morgan fingerprint density at radius 2 is 2.05 bits per heavy atom. The van der Waals surface area contributed by atoms with E-state index < -0.39 is 11.5 Å². The predicted octanol–water partition coefficient (Wildman–Crippen LogP) is 3.59. The molecule has 0 aromatic carbocycles. The van der Waals surface area contributed by atoms with Crippen molar-refractivity contribution >= 4 is 5.97 Å². The predicted molar refractivity (Wildman–Crippen MR) is 85.5 cm³/mol. The number of hydrogen-bond donors (Lipinski definition) is 2. The van der Waals surface area contributed by atoms with Crippen molar-refractivity contribution in [2.45, 2.75) is 90.3 Å². The minimum absolute atomic E-state index is 0.162. The lowest BCUT2D eigenvalue weighted by atomic mass is 9.85. The van der Waals surface area contributed by atoms with E-state index in [1.807, 2.05) is 13.8 Å². The van der Waals surface area contributed by atoms with Gasteiger partial charge in [-0.05, 0) is 52.4 Å². The van der Waals surface area contributed by atoms with Crippen LogP contribution in [0, 0.1) is 5.92 Å². The highest BCUT2D eigenvalue weighted by Gasteiger charge is 2.33. The largest absolute Gasteiger partial charge is 0.480 e. The standard InChI is InChI=1S/C17H33NO3/c1-5-14-9-6-7-10-15(14)21-12-8-11-17(4,16(19)20)18-13(2)3/h13-15,18H,5-12H2,1-4H3,(H,19,20). The summed E-state index contributed by atoms with van der Waals surface area (Å²) in [7, 11) is 0. The molecule has 1 rings (SSSR count). The Morgan fingerprint density at radius 1 is 1.38 bits per heavy atom. The lowest BCUT2D eigenvalue weighted by Gasteiger charge is -2.32. The molecule has 0 aromatic rings. The zero-order valence-corrected chi connectivity index (χ0v) is 14.2. The zero-order chi connectivity index (χ0) is 15.9. The Hall–Kier alpha value is -0.610. The fraction of sp³-hybridized carbons (Fsp3) is 0.941. The highest BCUT2D eigenvalue weighted by Crippen LogP contribution is 2.29. The Kier molecular flexibility index (Phi) is 7.67. The maximum atomic E-state index is 11.4. The number of aliphatic carboxylic acids is 1. The summed E-state index contributed by atoms with van der Waals surface area (Å²) < 4.78 is 6.05. The van der Waals surface area contributed by atoms with Gasteiger partial charge in [-0.25, -0.2) is 0 Å². The Labute approximate surface area is 129 Å². The Balaban J connectivity index is 2.35. The van der Waals surface area contributed by atoms with Crippen LogP contribution in [0.5, 0.6) is 0 Å². The van der Waals surface area contributed by atoms with Crippen LogP contribution in [0.2, 0.25) is 0 Å².